The van der Waals surface area contributed by atoms with Crippen LogP contribution in [0.15, 0.2) is 6.20 Å². The van der Waals surface area contributed by atoms with E-state index in [2.05, 4.69) is 17.2 Å². The Balaban J connectivity index is 2.08. The fourth-order valence-corrected chi connectivity index (χ4v) is 2.11. The van der Waals surface area contributed by atoms with E-state index in [0.29, 0.717) is 0 Å². The standard InChI is InChI=1S/C15H30N4/c1-4-5-6-7-8-9-10-11-12-19-13-14(17-18-19)15(2,3)16/h13H,4-12,16H2,1-3H3. The first-order valence-corrected chi connectivity index (χ1v) is 7.73. The van der Waals surface area contributed by atoms with Crippen molar-refractivity contribution in [1.29, 1.82) is 0 Å². The summed E-state index contributed by atoms with van der Waals surface area (Å²) in [6.45, 7) is 7.13. The van der Waals surface area contributed by atoms with Gasteiger partial charge < -0.3 is 5.73 Å². The number of aryl methyl sites for hydroxylation is 1. The third-order valence-electron chi connectivity index (χ3n) is 3.44. The normalized spacial score (nSPS) is 12.0. The molecule has 1 heterocycles. The summed E-state index contributed by atoms with van der Waals surface area (Å²) < 4.78 is 1.92. The minimum atomic E-state index is -0.391. The topological polar surface area (TPSA) is 56.7 Å². The Morgan fingerprint density at radius 1 is 1.05 bits per heavy atom. The quantitative estimate of drug-likeness (QED) is 0.658. The van der Waals surface area contributed by atoms with Gasteiger partial charge in [0.05, 0.1) is 11.7 Å². The SMILES string of the molecule is CCCCCCCCCCn1cc(C(C)(C)N)nn1. The molecule has 0 amide bonds. The van der Waals surface area contributed by atoms with Gasteiger partial charge in [-0.25, -0.2) is 0 Å². The van der Waals surface area contributed by atoms with Gasteiger partial charge >= 0.3 is 0 Å². The zero-order valence-corrected chi connectivity index (χ0v) is 12.9. The van der Waals surface area contributed by atoms with Gasteiger partial charge in [0.1, 0.15) is 5.69 Å². The molecule has 0 aromatic carbocycles. The van der Waals surface area contributed by atoms with Crippen molar-refractivity contribution >= 4 is 0 Å². The molecule has 0 radical (unpaired) electrons. The van der Waals surface area contributed by atoms with Crippen LogP contribution in [-0.2, 0) is 12.1 Å². The van der Waals surface area contributed by atoms with Crippen LogP contribution in [-0.4, -0.2) is 15.0 Å². The van der Waals surface area contributed by atoms with Crippen molar-refractivity contribution < 1.29 is 0 Å². The minimum absolute atomic E-state index is 0.391. The summed E-state index contributed by atoms with van der Waals surface area (Å²) in [7, 11) is 0. The summed E-state index contributed by atoms with van der Waals surface area (Å²) in [6, 6.07) is 0. The molecular weight excluding hydrogens is 236 g/mol. The summed E-state index contributed by atoms with van der Waals surface area (Å²) in [4.78, 5) is 0. The summed E-state index contributed by atoms with van der Waals surface area (Å²) in [5.74, 6) is 0. The lowest BCUT2D eigenvalue weighted by Gasteiger charge is -2.13. The molecule has 1 aromatic rings. The molecule has 110 valence electrons. The highest BCUT2D eigenvalue weighted by Gasteiger charge is 2.17. The van der Waals surface area contributed by atoms with Gasteiger partial charge in [0.15, 0.2) is 0 Å². The first-order valence-electron chi connectivity index (χ1n) is 7.73. The molecule has 0 aliphatic heterocycles. The largest absolute Gasteiger partial charge is 0.320 e. The second-order valence-corrected chi connectivity index (χ2v) is 6.06. The first-order chi connectivity index (χ1) is 9.04. The van der Waals surface area contributed by atoms with Gasteiger partial charge in [0.2, 0.25) is 0 Å². The first kappa shape index (κ1) is 16.2. The molecule has 19 heavy (non-hydrogen) atoms. The molecule has 0 aliphatic rings. The van der Waals surface area contributed by atoms with E-state index in [1.165, 1.54) is 51.4 Å². The Kier molecular flexibility index (Phi) is 7.06. The van der Waals surface area contributed by atoms with Crippen LogP contribution in [0.5, 0.6) is 0 Å². The highest BCUT2D eigenvalue weighted by molar-refractivity contribution is 5.05. The molecule has 1 rings (SSSR count). The maximum absolute atomic E-state index is 5.99. The lowest BCUT2D eigenvalue weighted by molar-refractivity contribution is 0.510. The maximum Gasteiger partial charge on any atom is 0.102 e. The summed E-state index contributed by atoms with van der Waals surface area (Å²) >= 11 is 0. The number of hydrogen-bond acceptors (Lipinski definition) is 3. The van der Waals surface area contributed by atoms with Crippen molar-refractivity contribution in [2.75, 3.05) is 0 Å². The zero-order chi connectivity index (χ0) is 14.1. The lowest BCUT2D eigenvalue weighted by atomic mass is 10.0. The van der Waals surface area contributed by atoms with Crippen molar-refractivity contribution in [2.24, 2.45) is 5.73 Å². The van der Waals surface area contributed by atoms with E-state index in [1.54, 1.807) is 0 Å². The third kappa shape index (κ3) is 6.71. The number of nitrogens with zero attached hydrogens (tertiary/aromatic N) is 3. The van der Waals surface area contributed by atoms with Crippen LogP contribution in [0, 0.1) is 0 Å². The summed E-state index contributed by atoms with van der Waals surface area (Å²) in [5, 5.41) is 8.25. The predicted octanol–water partition coefficient (Wildman–Crippen LogP) is 3.61. The Morgan fingerprint density at radius 3 is 2.16 bits per heavy atom. The number of hydrogen-bond donors (Lipinski definition) is 1. The van der Waals surface area contributed by atoms with E-state index < -0.39 is 5.54 Å². The van der Waals surface area contributed by atoms with Crippen molar-refractivity contribution in [3.8, 4) is 0 Å². The molecule has 4 nitrogen and oxygen atoms in total. The molecule has 0 fully saturated rings. The van der Waals surface area contributed by atoms with Crippen LogP contribution in [0.25, 0.3) is 0 Å². The minimum Gasteiger partial charge on any atom is -0.320 e. The van der Waals surface area contributed by atoms with Crippen LogP contribution in [0.2, 0.25) is 0 Å². The molecule has 0 spiro atoms. The highest BCUT2D eigenvalue weighted by Crippen LogP contribution is 2.13. The zero-order valence-electron chi connectivity index (χ0n) is 12.9. The van der Waals surface area contributed by atoms with Crippen molar-refractivity contribution in [3.63, 3.8) is 0 Å². The summed E-state index contributed by atoms with van der Waals surface area (Å²) in [6.07, 6.45) is 12.7. The third-order valence-corrected chi connectivity index (χ3v) is 3.44. The lowest BCUT2D eigenvalue weighted by Crippen LogP contribution is -2.29. The van der Waals surface area contributed by atoms with E-state index in [4.69, 9.17) is 5.73 Å². The van der Waals surface area contributed by atoms with Crippen molar-refractivity contribution in [1.82, 2.24) is 15.0 Å². The molecule has 4 heteroatoms. The van der Waals surface area contributed by atoms with Crippen LogP contribution >= 0.6 is 0 Å². The maximum atomic E-state index is 5.99. The van der Waals surface area contributed by atoms with Gasteiger partial charge in [-0.2, -0.15) is 0 Å². The number of unbranched alkanes of at least 4 members (excludes halogenated alkanes) is 7. The number of aromatic nitrogens is 3. The molecule has 2 N–H and O–H groups in total. The van der Waals surface area contributed by atoms with Crippen molar-refractivity contribution in [3.05, 3.63) is 11.9 Å². The van der Waals surface area contributed by atoms with E-state index in [0.717, 1.165) is 12.2 Å². The van der Waals surface area contributed by atoms with Crippen molar-refractivity contribution in [2.45, 2.75) is 84.2 Å². The van der Waals surface area contributed by atoms with Gasteiger partial charge in [-0.05, 0) is 20.3 Å². The van der Waals surface area contributed by atoms with Gasteiger partial charge in [-0.3, -0.25) is 4.68 Å². The Bertz CT molecular complexity index is 338. The second kappa shape index (κ2) is 8.31. The summed E-state index contributed by atoms with van der Waals surface area (Å²) in [5.41, 5.74) is 6.46. The average molecular weight is 266 g/mol. The molecule has 1 aromatic heterocycles. The van der Waals surface area contributed by atoms with E-state index in [9.17, 15) is 0 Å². The Morgan fingerprint density at radius 2 is 1.63 bits per heavy atom. The number of rotatable bonds is 10. The number of nitrogens with two attached hydrogens (primary N) is 1. The highest BCUT2D eigenvalue weighted by atomic mass is 15.4. The molecule has 0 saturated heterocycles. The Hall–Kier alpha value is -0.900. The molecule has 0 aliphatic carbocycles. The van der Waals surface area contributed by atoms with Gasteiger partial charge in [0, 0.05) is 6.54 Å². The van der Waals surface area contributed by atoms with E-state index >= 15 is 0 Å². The van der Waals surface area contributed by atoms with Gasteiger partial charge in [-0.15, -0.1) is 5.10 Å². The van der Waals surface area contributed by atoms with Gasteiger partial charge in [0.25, 0.3) is 0 Å². The van der Waals surface area contributed by atoms with E-state index in [1.807, 2.05) is 24.7 Å². The van der Waals surface area contributed by atoms with Gasteiger partial charge in [-0.1, -0.05) is 57.1 Å². The Labute approximate surface area is 117 Å². The van der Waals surface area contributed by atoms with Crippen LogP contribution in [0.4, 0.5) is 0 Å². The molecule has 0 bridgehead atoms. The van der Waals surface area contributed by atoms with Crippen LogP contribution < -0.4 is 5.73 Å². The van der Waals surface area contributed by atoms with Crippen LogP contribution in [0.1, 0.15) is 77.8 Å². The molecule has 0 saturated carbocycles. The average Bonchev–Trinajstić information content (AvgIpc) is 2.81. The second-order valence-electron chi connectivity index (χ2n) is 6.06. The smallest absolute Gasteiger partial charge is 0.102 e. The molecule has 0 unspecified atom stereocenters. The molecular formula is C15H30N4. The predicted molar refractivity (Wildman–Crippen MR) is 79.8 cm³/mol. The monoisotopic (exact) mass is 266 g/mol. The van der Waals surface area contributed by atoms with Crippen LogP contribution in [0.3, 0.4) is 0 Å². The molecule has 0 atom stereocenters. The van der Waals surface area contributed by atoms with E-state index in [-0.39, 0.29) is 0 Å². The fraction of sp³-hybridized carbons (Fsp3) is 0.867. The fourth-order valence-electron chi connectivity index (χ4n) is 2.11.